The van der Waals surface area contributed by atoms with Gasteiger partial charge in [-0.3, -0.25) is 5.10 Å². The second-order valence-corrected chi connectivity index (χ2v) is 6.10. The molecule has 1 aliphatic rings. The van der Waals surface area contributed by atoms with Crippen LogP contribution in [0.1, 0.15) is 11.3 Å². The van der Waals surface area contributed by atoms with E-state index in [1.165, 1.54) is 0 Å². The average molecular weight is 348 g/mol. The molecule has 26 heavy (non-hydrogen) atoms. The van der Waals surface area contributed by atoms with Gasteiger partial charge in [0.15, 0.2) is 0 Å². The molecule has 0 spiro atoms. The number of fused-ring (bicyclic) bond motifs is 1. The maximum atomic E-state index is 12.4. The second kappa shape index (κ2) is 7.41. The molecule has 6 heteroatoms. The number of hydrogen-bond acceptors (Lipinski definition) is 3. The molecule has 0 radical (unpaired) electrons. The molecule has 4 rings (SSSR count). The van der Waals surface area contributed by atoms with Crippen LogP contribution in [0.3, 0.4) is 0 Å². The zero-order valence-electron chi connectivity index (χ0n) is 14.3. The molecule has 1 fully saturated rings. The average Bonchev–Trinajstić information content (AvgIpc) is 3.11. The van der Waals surface area contributed by atoms with E-state index in [1.54, 1.807) is 4.90 Å². The Labute approximate surface area is 151 Å². The normalized spacial score (nSPS) is 14.8. The number of morpholine rings is 1. The Morgan fingerprint density at radius 1 is 1.08 bits per heavy atom. The molecule has 1 aliphatic heterocycles. The number of nitrogens with one attached hydrogen (secondary N) is 2. The molecule has 1 aromatic heterocycles. The topological polar surface area (TPSA) is 70.2 Å². The fraction of sp³-hybridized carbons (Fsp3) is 0.200. The molecular weight excluding hydrogens is 328 g/mol. The van der Waals surface area contributed by atoms with Gasteiger partial charge in [0, 0.05) is 24.2 Å². The molecule has 0 aliphatic carbocycles. The number of ether oxygens (including phenoxy) is 1. The summed E-state index contributed by atoms with van der Waals surface area (Å²) < 4.78 is 5.30. The summed E-state index contributed by atoms with van der Waals surface area (Å²) in [5.41, 5.74) is 3.58. The first-order valence-corrected chi connectivity index (χ1v) is 8.65. The van der Waals surface area contributed by atoms with Crippen molar-refractivity contribution in [2.45, 2.75) is 0 Å². The van der Waals surface area contributed by atoms with Gasteiger partial charge in [-0.15, -0.1) is 0 Å². The second-order valence-electron chi connectivity index (χ2n) is 6.10. The number of carbonyl (C=O) groups is 1. The number of rotatable bonds is 3. The SMILES string of the molecule is O=C(Nc1ccccc1C=Cc1n[nH]c2ccccc12)N1CCOCC1. The summed E-state index contributed by atoms with van der Waals surface area (Å²) in [4.78, 5) is 14.2. The summed E-state index contributed by atoms with van der Waals surface area (Å²) in [6, 6.07) is 15.6. The molecule has 132 valence electrons. The van der Waals surface area contributed by atoms with E-state index in [2.05, 4.69) is 15.5 Å². The molecule has 0 saturated carbocycles. The standard InChI is InChI=1S/C20H20N4O2/c25-20(24-11-13-26-14-12-24)21-17-7-3-1-5-15(17)9-10-19-16-6-2-4-8-18(16)22-23-19/h1-10H,11-14H2,(H,21,25)(H,22,23). The predicted molar refractivity (Wildman–Crippen MR) is 103 cm³/mol. The van der Waals surface area contributed by atoms with Crippen molar-refractivity contribution in [3.8, 4) is 0 Å². The fourth-order valence-corrected chi connectivity index (χ4v) is 3.00. The largest absolute Gasteiger partial charge is 0.378 e. The van der Waals surface area contributed by atoms with E-state index in [0.29, 0.717) is 26.3 Å². The monoisotopic (exact) mass is 348 g/mol. The van der Waals surface area contributed by atoms with Gasteiger partial charge >= 0.3 is 6.03 Å². The Hall–Kier alpha value is -3.12. The van der Waals surface area contributed by atoms with Crippen LogP contribution in [0.4, 0.5) is 10.5 Å². The van der Waals surface area contributed by atoms with Gasteiger partial charge < -0.3 is 15.0 Å². The molecule has 0 bridgehead atoms. The van der Waals surface area contributed by atoms with Crippen molar-refractivity contribution >= 4 is 34.8 Å². The summed E-state index contributed by atoms with van der Waals surface area (Å²) in [7, 11) is 0. The summed E-state index contributed by atoms with van der Waals surface area (Å²) in [5.74, 6) is 0. The van der Waals surface area contributed by atoms with E-state index in [9.17, 15) is 4.79 Å². The number of benzene rings is 2. The number of hydrogen-bond donors (Lipinski definition) is 2. The van der Waals surface area contributed by atoms with Gasteiger partial charge in [0.1, 0.15) is 0 Å². The quantitative estimate of drug-likeness (QED) is 0.760. The number of anilines is 1. The maximum absolute atomic E-state index is 12.4. The molecule has 2 amide bonds. The molecule has 2 aromatic carbocycles. The van der Waals surface area contributed by atoms with Gasteiger partial charge in [-0.05, 0) is 23.8 Å². The van der Waals surface area contributed by atoms with Gasteiger partial charge in [0.05, 0.1) is 24.4 Å². The van der Waals surface area contributed by atoms with Crippen molar-refractivity contribution in [1.82, 2.24) is 15.1 Å². The molecule has 0 atom stereocenters. The van der Waals surface area contributed by atoms with Crippen molar-refractivity contribution in [3.05, 3.63) is 59.8 Å². The summed E-state index contributed by atoms with van der Waals surface area (Å²) in [5, 5.41) is 11.4. The molecule has 2 heterocycles. The van der Waals surface area contributed by atoms with Gasteiger partial charge in [-0.1, -0.05) is 42.5 Å². The minimum Gasteiger partial charge on any atom is -0.378 e. The highest BCUT2D eigenvalue weighted by Gasteiger charge is 2.17. The van der Waals surface area contributed by atoms with Crippen molar-refractivity contribution in [1.29, 1.82) is 0 Å². The molecule has 1 saturated heterocycles. The van der Waals surface area contributed by atoms with Crippen molar-refractivity contribution in [2.24, 2.45) is 0 Å². The minimum atomic E-state index is -0.0978. The summed E-state index contributed by atoms with van der Waals surface area (Å²) >= 11 is 0. The third kappa shape index (κ3) is 3.45. The van der Waals surface area contributed by atoms with Crippen LogP contribution in [0.15, 0.2) is 48.5 Å². The van der Waals surface area contributed by atoms with Gasteiger partial charge in [-0.25, -0.2) is 4.79 Å². The number of aromatic amines is 1. The highest BCUT2D eigenvalue weighted by molar-refractivity contribution is 5.94. The van der Waals surface area contributed by atoms with Gasteiger partial charge in [-0.2, -0.15) is 5.10 Å². The Morgan fingerprint density at radius 2 is 1.85 bits per heavy atom. The zero-order valence-corrected chi connectivity index (χ0v) is 14.3. The van der Waals surface area contributed by atoms with Crippen LogP contribution in [-0.2, 0) is 4.74 Å². The van der Waals surface area contributed by atoms with E-state index >= 15 is 0 Å². The van der Waals surface area contributed by atoms with Crippen LogP contribution in [-0.4, -0.2) is 47.4 Å². The number of nitrogens with zero attached hydrogens (tertiary/aromatic N) is 2. The van der Waals surface area contributed by atoms with E-state index in [0.717, 1.165) is 27.8 Å². The van der Waals surface area contributed by atoms with Crippen LogP contribution in [0.25, 0.3) is 23.1 Å². The van der Waals surface area contributed by atoms with E-state index in [-0.39, 0.29) is 6.03 Å². The van der Waals surface area contributed by atoms with Crippen LogP contribution < -0.4 is 5.32 Å². The first-order valence-electron chi connectivity index (χ1n) is 8.65. The summed E-state index contributed by atoms with van der Waals surface area (Å²) in [6.07, 6.45) is 3.93. The lowest BCUT2D eigenvalue weighted by atomic mass is 10.1. The number of H-pyrrole nitrogens is 1. The Bertz CT molecular complexity index is 942. The van der Waals surface area contributed by atoms with Crippen LogP contribution in [0.5, 0.6) is 0 Å². The van der Waals surface area contributed by atoms with Crippen molar-refractivity contribution < 1.29 is 9.53 Å². The lowest BCUT2D eigenvalue weighted by Gasteiger charge is -2.27. The number of carbonyl (C=O) groups excluding carboxylic acids is 1. The Morgan fingerprint density at radius 3 is 2.73 bits per heavy atom. The Kier molecular flexibility index (Phi) is 4.66. The van der Waals surface area contributed by atoms with Crippen LogP contribution >= 0.6 is 0 Å². The zero-order chi connectivity index (χ0) is 17.8. The third-order valence-corrected chi connectivity index (χ3v) is 4.42. The molecule has 2 N–H and O–H groups in total. The highest BCUT2D eigenvalue weighted by Crippen LogP contribution is 2.21. The minimum absolute atomic E-state index is 0.0978. The third-order valence-electron chi connectivity index (χ3n) is 4.42. The van der Waals surface area contributed by atoms with E-state index in [4.69, 9.17) is 4.74 Å². The first kappa shape index (κ1) is 16.4. The number of urea groups is 1. The van der Waals surface area contributed by atoms with Crippen molar-refractivity contribution in [3.63, 3.8) is 0 Å². The lowest BCUT2D eigenvalue weighted by molar-refractivity contribution is 0.0564. The molecular formula is C20H20N4O2. The van der Waals surface area contributed by atoms with Gasteiger partial charge in [0.25, 0.3) is 0 Å². The molecule has 6 nitrogen and oxygen atoms in total. The summed E-state index contributed by atoms with van der Waals surface area (Å²) in [6.45, 7) is 2.40. The van der Waals surface area contributed by atoms with E-state index in [1.807, 2.05) is 60.7 Å². The van der Waals surface area contributed by atoms with E-state index < -0.39 is 0 Å². The number of aromatic nitrogens is 2. The fourth-order valence-electron chi connectivity index (χ4n) is 3.00. The highest BCUT2D eigenvalue weighted by atomic mass is 16.5. The molecule has 0 unspecified atom stereocenters. The smallest absolute Gasteiger partial charge is 0.322 e. The Balaban J connectivity index is 1.54. The lowest BCUT2D eigenvalue weighted by Crippen LogP contribution is -2.43. The van der Waals surface area contributed by atoms with Gasteiger partial charge in [0.2, 0.25) is 0 Å². The number of para-hydroxylation sites is 2. The van der Waals surface area contributed by atoms with Crippen molar-refractivity contribution in [2.75, 3.05) is 31.6 Å². The first-order chi connectivity index (χ1) is 12.8. The van der Waals surface area contributed by atoms with Crippen LogP contribution in [0.2, 0.25) is 0 Å². The molecule has 3 aromatic rings. The number of amides is 2. The maximum Gasteiger partial charge on any atom is 0.322 e. The van der Waals surface area contributed by atoms with Crippen LogP contribution in [0, 0.1) is 0 Å². The predicted octanol–water partition coefficient (Wildman–Crippen LogP) is 3.60.